The smallest absolute Gasteiger partial charge is 0.241 e. The van der Waals surface area contributed by atoms with E-state index in [1.807, 2.05) is 17.2 Å². The highest BCUT2D eigenvalue weighted by atomic mass is 32.1. The molecule has 2 unspecified atom stereocenters. The van der Waals surface area contributed by atoms with Crippen LogP contribution in [-0.4, -0.2) is 50.3 Å². The Kier molecular flexibility index (Phi) is 6.63. The lowest BCUT2D eigenvalue weighted by Gasteiger charge is -2.23. The molecule has 1 N–H and O–H groups in total. The van der Waals surface area contributed by atoms with E-state index in [0.29, 0.717) is 19.8 Å². The van der Waals surface area contributed by atoms with Gasteiger partial charge in [-0.3, -0.25) is 10.1 Å². The van der Waals surface area contributed by atoms with Gasteiger partial charge in [-0.1, -0.05) is 6.92 Å². The van der Waals surface area contributed by atoms with E-state index in [2.05, 4.69) is 16.8 Å². The lowest BCUT2D eigenvalue weighted by Crippen LogP contribution is -2.32. The highest BCUT2D eigenvalue weighted by molar-refractivity contribution is 7.07. The van der Waals surface area contributed by atoms with Crippen LogP contribution in [0.4, 0.5) is 0 Å². The summed E-state index contributed by atoms with van der Waals surface area (Å²) in [6.07, 6.45) is 1.67. The van der Waals surface area contributed by atoms with Gasteiger partial charge in [-0.2, -0.15) is 11.3 Å². The van der Waals surface area contributed by atoms with E-state index in [-0.39, 0.29) is 18.1 Å². The average Bonchev–Trinajstić information content (AvgIpc) is 3.11. The Morgan fingerprint density at radius 1 is 1.38 bits per heavy atom. The van der Waals surface area contributed by atoms with Crippen molar-refractivity contribution in [2.24, 2.45) is 0 Å². The van der Waals surface area contributed by atoms with Gasteiger partial charge in [0, 0.05) is 20.3 Å². The summed E-state index contributed by atoms with van der Waals surface area (Å²) in [5, 5.41) is 7.58. The molecular formula is C15H24N2O3S. The maximum atomic E-state index is 12.4. The van der Waals surface area contributed by atoms with Gasteiger partial charge in [0.25, 0.3) is 0 Å². The average molecular weight is 312 g/mol. The number of hydrogen-bond donors (Lipinski definition) is 1. The Labute approximate surface area is 130 Å². The zero-order valence-corrected chi connectivity index (χ0v) is 13.5. The maximum absolute atomic E-state index is 12.4. The largest absolute Gasteiger partial charge is 0.382 e. The number of carbonyl (C=O) groups excluding carboxylic acids is 1. The minimum absolute atomic E-state index is 0.00711. The molecule has 5 nitrogen and oxygen atoms in total. The molecule has 21 heavy (non-hydrogen) atoms. The van der Waals surface area contributed by atoms with Crippen LogP contribution in [0.5, 0.6) is 0 Å². The Balaban J connectivity index is 1.86. The fraction of sp³-hybridized carbons (Fsp3) is 0.667. The van der Waals surface area contributed by atoms with E-state index in [0.717, 1.165) is 19.4 Å². The molecule has 1 saturated heterocycles. The van der Waals surface area contributed by atoms with Crippen LogP contribution >= 0.6 is 11.3 Å². The summed E-state index contributed by atoms with van der Waals surface area (Å²) in [6, 6.07) is 2.01. The number of ether oxygens (including phenoxy) is 2. The molecule has 2 rings (SSSR count). The maximum Gasteiger partial charge on any atom is 0.241 e. The quantitative estimate of drug-likeness (QED) is 0.709. The number of rotatable bonds is 9. The van der Waals surface area contributed by atoms with E-state index in [1.54, 1.807) is 18.4 Å². The SMILES string of the molecule is CCC1NC(c2ccsc2)N(CCCOCCOC)C1=O. The molecule has 1 amide bonds. The zero-order chi connectivity index (χ0) is 15.1. The number of nitrogens with one attached hydrogen (secondary N) is 1. The van der Waals surface area contributed by atoms with Gasteiger partial charge < -0.3 is 14.4 Å². The number of nitrogens with zero attached hydrogens (tertiary/aromatic N) is 1. The number of thiophene rings is 1. The summed E-state index contributed by atoms with van der Waals surface area (Å²) >= 11 is 1.66. The van der Waals surface area contributed by atoms with E-state index in [4.69, 9.17) is 9.47 Å². The number of methoxy groups -OCH3 is 1. The van der Waals surface area contributed by atoms with Crippen molar-refractivity contribution in [3.63, 3.8) is 0 Å². The summed E-state index contributed by atoms with van der Waals surface area (Å²) < 4.78 is 10.4. The molecule has 1 aromatic rings. The molecule has 2 heterocycles. The van der Waals surface area contributed by atoms with Crippen LogP contribution in [0.3, 0.4) is 0 Å². The van der Waals surface area contributed by atoms with Crippen molar-refractivity contribution in [2.75, 3.05) is 33.5 Å². The van der Waals surface area contributed by atoms with Crippen LogP contribution in [-0.2, 0) is 14.3 Å². The van der Waals surface area contributed by atoms with Gasteiger partial charge in [0.05, 0.1) is 19.3 Å². The molecule has 0 aliphatic carbocycles. The van der Waals surface area contributed by atoms with Crippen LogP contribution in [0.15, 0.2) is 16.8 Å². The molecule has 0 spiro atoms. The molecular weight excluding hydrogens is 288 g/mol. The zero-order valence-electron chi connectivity index (χ0n) is 12.7. The van der Waals surface area contributed by atoms with Gasteiger partial charge >= 0.3 is 0 Å². The minimum Gasteiger partial charge on any atom is -0.382 e. The molecule has 118 valence electrons. The number of carbonyl (C=O) groups is 1. The van der Waals surface area contributed by atoms with Gasteiger partial charge in [-0.05, 0) is 35.2 Å². The Morgan fingerprint density at radius 3 is 2.90 bits per heavy atom. The first kappa shape index (κ1) is 16.4. The normalized spacial score (nSPS) is 22.2. The van der Waals surface area contributed by atoms with Crippen LogP contribution in [0.2, 0.25) is 0 Å². The highest BCUT2D eigenvalue weighted by Gasteiger charge is 2.38. The lowest BCUT2D eigenvalue weighted by atomic mass is 10.2. The van der Waals surface area contributed by atoms with Crippen LogP contribution in [0.25, 0.3) is 0 Å². The van der Waals surface area contributed by atoms with Gasteiger partial charge in [0.2, 0.25) is 5.91 Å². The summed E-state index contributed by atoms with van der Waals surface area (Å²) in [6.45, 7) is 4.63. The monoisotopic (exact) mass is 312 g/mol. The van der Waals surface area contributed by atoms with Crippen LogP contribution in [0, 0.1) is 0 Å². The first-order chi connectivity index (χ1) is 10.3. The van der Waals surface area contributed by atoms with E-state index < -0.39 is 0 Å². The van der Waals surface area contributed by atoms with Crippen molar-refractivity contribution < 1.29 is 14.3 Å². The Hall–Kier alpha value is -0.950. The second-order valence-corrected chi connectivity index (χ2v) is 5.86. The number of hydrogen-bond acceptors (Lipinski definition) is 5. The summed E-state index contributed by atoms with van der Waals surface area (Å²) in [4.78, 5) is 14.4. The topological polar surface area (TPSA) is 50.8 Å². The Bertz CT molecular complexity index is 425. The summed E-state index contributed by atoms with van der Waals surface area (Å²) in [5.41, 5.74) is 1.17. The first-order valence-electron chi connectivity index (χ1n) is 7.43. The van der Waals surface area contributed by atoms with Crippen molar-refractivity contribution in [3.05, 3.63) is 22.4 Å². The van der Waals surface area contributed by atoms with Crippen LogP contribution < -0.4 is 5.32 Å². The number of amides is 1. The standard InChI is InChI=1S/C15H24N2O3S/c1-3-13-15(18)17(6-4-7-20-9-8-19-2)14(16-13)12-5-10-21-11-12/h5,10-11,13-14,16H,3-4,6-9H2,1-2H3. The van der Waals surface area contributed by atoms with Crippen LogP contribution in [0.1, 0.15) is 31.5 Å². The summed E-state index contributed by atoms with van der Waals surface area (Å²) in [7, 11) is 1.66. The minimum atomic E-state index is -0.0655. The molecule has 1 aromatic heterocycles. The highest BCUT2D eigenvalue weighted by Crippen LogP contribution is 2.27. The molecule has 6 heteroatoms. The third kappa shape index (κ3) is 4.26. The van der Waals surface area contributed by atoms with Crippen molar-refractivity contribution in [3.8, 4) is 0 Å². The van der Waals surface area contributed by atoms with E-state index >= 15 is 0 Å². The lowest BCUT2D eigenvalue weighted by molar-refractivity contribution is -0.130. The van der Waals surface area contributed by atoms with Crippen molar-refractivity contribution in [1.29, 1.82) is 0 Å². The van der Waals surface area contributed by atoms with Crippen molar-refractivity contribution >= 4 is 17.2 Å². The summed E-state index contributed by atoms with van der Waals surface area (Å²) in [5.74, 6) is 0.200. The molecule has 0 bridgehead atoms. The second kappa shape index (κ2) is 8.48. The molecule has 1 aliphatic heterocycles. The molecule has 0 radical (unpaired) electrons. The molecule has 0 aromatic carbocycles. The predicted molar refractivity (Wildman–Crippen MR) is 83.3 cm³/mol. The molecule has 1 aliphatic rings. The molecule has 1 fully saturated rings. The third-order valence-corrected chi connectivity index (χ3v) is 4.34. The Morgan fingerprint density at radius 2 is 2.24 bits per heavy atom. The van der Waals surface area contributed by atoms with Gasteiger partial charge in [0.1, 0.15) is 6.17 Å². The predicted octanol–water partition coefficient (Wildman–Crippen LogP) is 2.01. The van der Waals surface area contributed by atoms with Gasteiger partial charge in [-0.15, -0.1) is 0 Å². The van der Waals surface area contributed by atoms with Gasteiger partial charge in [0.15, 0.2) is 0 Å². The second-order valence-electron chi connectivity index (χ2n) is 5.08. The van der Waals surface area contributed by atoms with Crippen molar-refractivity contribution in [2.45, 2.75) is 32.0 Å². The van der Waals surface area contributed by atoms with Gasteiger partial charge in [-0.25, -0.2) is 0 Å². The molecule has 2 atom stereocenters. The molecule has 0 saturated carbocycles. The fourth-order valence-corrected chi connectivity index (χ4v) is 3.18. The van der Waals surface area contributed by atoms with E-state index in [9.17, 15) is 4.79 Å². The third-order valence-electron chi connectivity index (χ3n) is 3.64. The fourth-order valence-electron chi connectivity index (χ4n) is 2.50. The first-order valence-corrected chi connectivity index (χ1v) is 8.37. The van der Waals surface area contributed by atoms with Crippen molar-refractivity contribution in [1.82, 2.24) is 10.2 Å². The van der Waals surface area contributed by atoms with E-state index in [1.165, 1.54) is 5.56 Å².